The smallest absolute Gasteiger partial charge is 0.348 e. The van der Waals surface area contributed by atoms with Gasteiger partial charge in [-0.25, -0.2) is 4.79 Å². The fourth-order valence-corrected chi connectivity index (χ4v) is 2.45. The van der Waals surface area contributed by atoms with Gasteiger partial charge in [0.05, 0.1) is 7.11 Å². The van der Waals surface area contributed by atoms with Gasteiger partial charge in [-0.05, 0) is 55.8 Å². The quantitative estimate of drug-likeness (QED) is 0.491. The maximum Gasteiger partial charge on any atom is 0.348 e. The number of aromatic nitrogens is 1. The minimum Gasteiger partial charge on any atom is -0.465 e. The molecule has 0 unspecified atom stereocenters. The molecule has 1 aromatic heterocycles. The van der Waals surface area contributed by atoms with Gasteiger partial charge in [0.15, 0.2) is 0 Å². The van der Waals surface area contributed by atoms with Crippen LogP contribution in [0.3, 0.4) is 0 Å². The maximum atomic E-state index is 11.5. The molecule has 1 aromatic carbocycles. The third-order valence-electron chi connectivity index (χ3n) is 3.38. The molecule has 0 amide bonds. The van der Waals surface area contributed by atoms with Crippen molar-refractivity contribution in [2.75, 3.05) is 7.11 Å². The lowest BCUT2D eigenvalue weighted by Crippen LogP contribution is -2.03. The summed E-state index contributed by atoms with van der Waals surface area (Å²) in [5, 5.41) is 9.73. The Kier molecular flexibility index (Phi) is 4.69. The SMILES string of the molecule is COC(=O)/C(C#N)=C/c1cc(C)n(-c2ccc(Cl)cc2)c1C. The van der Waals surface area contributed by atoms with Crippen molar-refractivity contribution in [1.29, 1.82) is 5.26 Å². The van der Waals surface area contributed by atoms with Crippen LogP contribution in [-0.4, -0.2) is 17.6 Å². The Balaban J connectivity index is 2.52. The Morgan fingerprint density at radius 3 is 2.50 bits per heavy atom. The van der Waals surface area contributed by atoms with E-state index in [0.29, 0.717) is 5.02 Å². The van der Waals surface area contributed by atoms with Gasteiger partial charge in [-0.3, -0.25) is 0 Å². The van der Waals surface area contributed by atoms with Crippen molar-refractivity contribution in [3.05, 3.63) is 57.9 Å². The monoisotopic (exact) mass is 314 g/mol. The van der Waals surface area contributed by atoms with Crippen LogP contribution in [-0.2, 0) is 9.53 Å². The summed E-state index contributed by atoms with van der Waals surface area (Å²) in [6.07, 6.45) is 1.54. The highest BCUT2D eigenvalue weighted by molar-refractivity contribution is 6.30. The van der Waals surface area contributed by atoms with Crippen LogP contribution >= 0.6 is 11.6 Å². The number of esters is 1. The predicted molar refractivity (Wildman–Crippen MR) is 85.9 cm³/mol. The van der Waals surface area contributed by atoms with E-state index < -0.39 is 5.97 Å². The zero-order chi connectivity index (χ0) is 16.3. The average Bonchev–Trinajstić information content (AvgIpc) is 2.79. The van der Waals surface area contributed by atoms with Gasteiger partial charge >= 0.3 is 5.97 Å². The van der Waals surface area contributed by atoms with Crippen molar-refractivity contribution in [3.8, 4) is 11.8 Å². The fraction of sp³-hybridized carbons (Fsp3) is 0.176. The van der Waals surface area contributed by atoms with Gasteiger partial charge in [0.1, 0.15) is 11.6 Å². The molecule has 1 heterocycles. The molecule has 2 rings (SSSR count). The molecule has 0 aliphatic heterocycles. The van der Waals surface area contributed by atoms with Crippen LogP contribution in [0.25, 0.3) is 11.8 Å². The lowest BCUT2D eigenvalue weighted by Gasteiger charge is -2.09. The number of rotatable bonds is 3. The van der Waals surface area contributed by atoms with E-state index in [0.717, 1.165) is 22.6 Å². The van der Waals surface area contributed by atoms with E-state index >= 15 is 0 Å². The molecule has 2 aromatic rings. The third kappa shape index (κ3) is 3.05. The minimum atomic E-state index is -0.640. The second-order valence-corrected chi connectivity index (χ2v) is 5.24. The van der Waals surface area contributed by atoms with Crippen LogP contribution in [0.1, 0.15) is 17.0 Å². The Bertz CT molecular complexity index is 780. The van der Waals surface area contributed by atoms with Crippen molar-refractivity contribution in [2.24, 2.45) is 0 Å². The molecular weight excluding hydrogens is 300 g/mol. The largest absolute Gasteiger partial charge is 0.465 e. The molecular formula is C17H15ClN2O2. The zero-order valence-corrected chi connectivity index (χ0v) is 13.3. The first-order valence-electron chi connectivity index (χ1n) is 6.63. The highest BCUT2D eigenvalue weighted by Gasteiger charge is 2.13. The molecule has 112 valence electrons. The van der Waals surface area contributed by atoms with Gasteiger partial charge in [0, 0.05) is 22.1 Å². The predicted octanol–water partition coefficient (Wildman–Crippen LogP) is 3.83. The normalized spacial score (nSPS) is 11.1. The summed E-state index contributed by atoms with van der Waals surface area (Å²) in [5.41, 5.74) is 3.66. The summed E-state index contributed by atoms with van der Waals surface area (Å²) in [5.74, 6) is -0.640. The summed E-state index contributed by atoms with van der Waals surface area (Å²) in [4.78, 5) is 11.5. The molecule has 0 aliphatic carbocycles. The number of hydrogen-bond acceptors (Lipinski definition) is 3. The first kappa shape index (κ1) is 15.9. The number of nitriles is 1. The summed E-state index contributed by atoms with van der Waals surface area (Å²) in [6, 6.07) is 11.3. The van der Waals surface area contributed by atoms with E-state index in [-0.39, 0.29) is 5.57 Å². The van der Waals surface area contributed by atoms with Crippen LogP contribution in [0.2, 0.25) is 5.02 Å². The Hall–Kier alpha value is -2.51. The van der Waals surface area contributed by atoms with Crippen LogP contribution in [0, 0.1) is 25.2 Å². The first-order valence-corrected chi connectivity index (χ1v) is 7.00. The molecule has 0 saturated carbocycles. The number of carbonyl (C=O) groups excluding carboxylic acids is 1. The molecule has 0 fully saturated rings. The molecule has 0 bridgehead atoms. The Morgan fingerprint density at radius 1 is 1.32 bits per heavy atom. The molecule has 5 heteroatoms. The van der Waals surface area contributed by atoms with Crippen molar-refractivity contribution >= 4 is 23.6 Å². The van der Waals surface area contributed by atoms with E-state index in [2.05, 4.69) is 4.74 Å². The summed E-state index contributed by atoms with van der Waals surface area (Å²) >= 11 is 5.92. The number of carbonyl (C=O) groups is 1. The molecule has 0 aliphatic rings. The van der Waals surface area contributed by atoms with E-state index in [1.165, 1.54) is 7.11 Å². The van der Waals surface area contributed by atoms with Crippen molar-refractivity contribution in [2.45, 2.75) is 13.8 Å². The lowest BCUT2D eigenvalue weighted by atomic mass is 10.1. The second kappa shape index (κ2) is 6.50. The molecule has 0 atom stereocenters. The summed E-state index contributed by atoms with van der Waals surface area (Å²) in [7, 11) is 1.25. The van der Waals surface area contributed by atoms with Gasteiger partial charge in [-0.15, -0.1) is 0 Å². The number of hydrogen-bond donors (Lipinski definition) is 0. The van der Waals surface area contributed by atoms with Crippen LogP contribution in [0.15, 0.2) is 35.9 Å². The van der Waals surface area contributed by atoms with Gasteiger partial charge < -0.3 is 9.30 Å². The lowest BCUT2D eigenvalue weighted by molar-refractivity contribution is -0.135. The highest BCUT2D eigenvalue weighted by atomic mass is 35.5. The Morgan fingerprint density at radius 2 is 1.95 bits per heavy atom. The molecule has 22 heavy (non-hydrogen) atoms. The number of halogens is 1. The third-order valence-corrected chi connectivity index (χ3v) is 3.63. The van der Waals surface area contributed by atoms with Gasteiger partial charge in [-0.2, -0.15) is 5.26 Å². The average molecular weight is 315 g/mol. The maximum absolute atomic E-state index is 11.5. The number of nitrogens with zero attached hydrogens (tertiary/aromatic N) is 2. The molecule has 4 nitrogen and oxygen atoms in total. The molecule has 0 spiro atoms. The van der Waals surface area contributed by atoms with Crippen LogP contribution in [0.4, 0.5) is 0 Å². The first-order chi connectivity index (χ1) is 10.5. The van der Waals surface area contributed by atoms with E-state index in [1.54, 1.807) is 6.08 Å². The van der Waals surface area contributed by atoms with Gasteiger partial charge in [-0.1, -0.05) is 11.6 Å². The number of ether oxygens (including phenoxy) is 1. The molecule has 0 radical (unpaired) electrons. The van der Waals surface area contributed by atoms with Crippen LogP contribution < -0.4 is 0 Å². The zero-order valence-electron chi connectivity index (χ0n) is 12.6. The van der Waals surface area contributed by atoms with Gasteiger partial charge in [0.25, 0.3) is 0 Å². The minimum absolute atomic E-state index is 0.0288. The second-order valence-electron chi connectivity index (χ2n) is 4.80. The van der Waals surface area contributed by atoms with E-state index in [9.17, 15) is 4.79 Å². The Labute approximate surface area is 134 Å². The molecule has 0 N–H and O–H groups in total. The standard InChI is InChI=1S/C17H15ClN2O2/c1-11-8-13(9-14(10-19)17(21)22-3)12(2)20(11)16-6-4-15(18)5-7-16/h4-9H,1-3H3/b14-9+. The highest BCUT2D eigenvalue weighted by Crippen LogP contribution is 2.24. The van der Waals surface area contributed by atoms with E-state index in [1.807, 2.05) is 54.8 Å². The van der Waals surface area contributed by atoms with Crippen LogP contribution in [0.5, 0.6) is 0 Å². The fourth-order valence-electron chi connectivity index (χ4n) is 2.32. The van der Waals surface area contributed by atoms with E-state index in [4.69, 9.17) is 16.9 Å². The number of benzene rings is 1. The van der Waals surface area contributed by atoms with Crippen molar-refractivity contribution < 1.29 is 9.53 Å². The molecule has 0 saturated heterocycles. The topological polar surface area (TPSA) is 55.0 Å². The van der Waals surface area contributed by atoms with Crippen molar-refractivity contribution in [1.82, 2.24) is 4.57 Å². The number of methoxy groups -OCH3 is 1. The van der Waals surface area contributed by atoms with Gasteiger partial charge in [0.2, 0.25) is 0 Å². The van der Waals surface area contributed by atoms with Crippen molar-refractivity contribution in [3.63, 3.8) is 0 Å². The summed E-state index contributed by atoms with van der Waals surface area (Å²) < 4.78 is 6.64. The number of aryl methyl sites for hydroxylation is 1. The summed E-state index contributed by atoms with van der Waals surface area (Å²) in [6.45, 7) is 3.89.